The average molecular weight is 295 g/mol. The molecule has 3 heteroatoms. The van der Waals surface area contributed by atoms with Gasteiger partial charge in [0.05, 0.1) is 0 Å². The lowest BCUT2D eigenvalue weighted by molar-refractivity contribution is 0.216. The van der Waals surface area contributed by atoms with E-state index in [-0.39, 0.29) is 17.6 Å². The molecule has 1 aliphatic carbocycles. The van der Waals surface area contributed by atoms with Gasteiger partial charge in [-0.3, -0.25) is 0 Å². The lowest BCUT2D eigenvalue weighted by Gasteiger charge is -2.37. The molecular formula is C18H27F2N. The lowest BCUT2D eigenvalue weighted by Crippen LogP contribution is -2.31. The Morgan fingerprint density at radius 3 is 2.67 bits per heavy atom. The molecular weight excluding hydrogens is 268 g/mol. The van der Waals surface area contributed by atoms with Gasteiger partial charge >= 0.3 is 0 Å². The van der Waals surface area contributed by atoms with Crippen molar-refractivity contribution in [3.63, 3.8) is 0 Å². The molecule has 118 valence electrons. The second-order valence-electron chi connectivity index (χ2n) is 6.48. The van der Waals surface area contributed by atoms with Crippen molar-refractivity contribution in [3.8, 4) is 0 Å². The van der Waals surface area contributed by atoms with Crippen LogP contribution in [-0.2, 0) is 0 Å². The average Bonchev–Trinajstić information content (AvgIpc) is 2.46. The quantitative estimate of drug-likeness (QED) is 0.823. The van der Waals surface area contributed by atoms with E-state index in [1.54, 1.807) is 6.92 Å². The van der Waals surface area contributed by atoms with Crippen LogP contribution >= 0.6 is 0 Å². The molecule has 0 radical (unpaired) electrons. The molecule has 2 rings (SSSR count). The van der Waals surface area contributed by atoms with Crippen LogP contribution in [0.25, 0.3) is 0 Å². The number of rotatable bonds is 5. The zero-order chi connectivity index (χ0) is 15.4. The van der Waals surface area contributed by atoms with Crippen molar-refractivity contribution in [2.75, 3.05) is 13.6 Å². The smallest absolute Gasteiger partial charge is 0.132 e. The Kier molecular flexibility index (Phi) is 5.74. The highest BCUT2D eigenvalue weighted by Gasteiger charge is 2.34. The summed E-state index contributed by atoms with van der Waals surface area (Å²) in [7, 11) is 1.91. The molecule has 3 unspecified atom stereocenters. The Labute approximate surface area is 127 Å². The van der Waals surface area contributed by atoms with E-state index in [0.717, 1.165) is 32.2 Å². The number of hydrogen-bond donors (Lipinski definition) is 1. The minimum atomic E-state index is -0.374. The molecule has 21 heavy (non-hydrogen) atoms. The van der Waals surface area contributed by atoms with Crippen molar-refractivity contribution in [2.24, 2.45) is 11.8 Å². The monoisotopic (exact) mass is 295 g/mol. The topological polar surface area (TPSA) is 12.0 Å². The Hall–Kier alpha value is -0.960. The van der Waals surface area contributed by atoms with Crippen LogP contribution in [0.3, 0.4) is 0 Å². The van der Waals surface area contributed by atoms with E-state index in [0.29, 0.717) is 23.0 Å². The Bertz CT molecular complexity index is 473. The second kappa shape index (κ2) is 7.35. The van der Waals surface area contributed by atoms with Crippen molar-refractivity contribution in [1.29, 1.82) is 0 Å². The fourth-order valence-electron chi connectivity index (χ4n) is 3.87. The van der Waals surface area contributed by atoms with Gasteiger partial charge in [0.2, 0.25) is 0 Å². The number of halogens is 2. The van der Waals surface area contributed by atoms with E-state index in [9.17, 15) is 8.78 Å². The zero-order valence-electron chi connectivity index (χ0n) is 13.4. The summed E-state index contributed by atoms with van der Waals surface area (Å²) in [5.41, 5.74) is 0.878. The van der Waals surface area contributed by atoms with Gasteiger partial charge in [0.1, 0.15) is 11.6 Å². The maximum Gasteiger partial charge on any atom is 0.132 e. The molecule has 0 aromatic heterocycles. The molecule has 1 aliphatic rings. The van der Waals surface area contributed by atoms with Crippen molar-refractivity contribution in [1.82, 2.24) is 5.32 Å². The van der Waals surface area contributed by atoms with Crippen LogP contribution in [0, 0.1) is 30.4 Å². The van der Waals surface area contributed by atoms with Crippen LogP contribution in [0.1, 0.15) is 56.1 Å². The summed E-state index contributed by atoms with van der Waals surface area (Å²) in [6, 6.07) is 2.96. The molecule has 0 saturated heterocycles. The standard InChI is InChI=1S/C18H27F2N/c1-4-5-13-7-8-14(11-21-3)15(10-13)17-16(19)9-6-12(2)18(17)20/h6,9,13-15,21H,4-5,7-8,10-11H2,1-3H3. The third-order valence-corrected chi connectivity index (χ3v) is 4.96. The van der Waals surface area contributed by atoms with Gasteiger partial charge in [-0.05, 0) is 62.7 Å². The highest BCUT2D eigenvalue weighted by molar-refractivity contribution is 5.30. The van der Waals surface area contributed by atoms with Crippen LogP contribution in [0.2, 0.25) is 0 Å². The lowest BCUT2D eigenvalue weighted by atomic mass is 9.69. The van der Waals surface area contributed by atoms with E-state index in [1.165, 1.54) is 18.6 Å². The van der Waals surface area contributed by atoms with E-state index < -0.39 is 0 Å². The minimum absolute atomic E-state index is 0.00245. The van der Waals surface area contributed by atoms with Crippen LogP contribution in [0.4, 0.5) is 8.78 Å². The van der Waals surface area contributed by atoms with Crippen molar-refractivity contribution in [3.05, 3.63) is 34.9 Å². The van der Waals surface area contributed by atoms with Gasteiger partial charge in [-0.25, -0.2) is 8.78 Å². The maximum absolute atomic E-state index is 14.5. The molecule has 1 fully saturated rings. The van der Waals surface area contributed by atoms with Crippen molar-refractivity contribution in [2.45, 2.75) is 51.9 Å². The third kappa shape index (κ3) is 3.63. The number of nitrogens with one attached hydrogen (secondary N) is 1. The first-order valence-electron chi connectivity index (χ1n) is 8.17. The van der Waals surface area contributed by atoms with Crippen LogP contribution in [-0.4, -0.2) is 13.6 Å². The SMILES string of the molecule is CCCC1CCC(CNC)C(c2c(F)ccc(C)c2F)C1. The minimum Gasteiger partial charge on any atom is -0.319 e. The van der Waals surface area contributed by atoms with Crippen LogP contribution in [0.15, 0.2) is 12.1 Å². The van der Waals surface area contributed by atoms with Crippen LogP contribution in [0.5, 0.6) is 0 Å². The summed E-state index contributed by atoms with van der Waals surface area (Å²) < 4.78 is 28.8. The fourth-order valence-corrected chi connectivity index (χ4v) is 3.87. The summed E-state index contributed by atoms with van der Waals surface area (Å²) in [5.74, 6) is 0.226. The molecule has 0 spiro atoms. The molecule has 0 aliphatic heterocycles. The van der Waals surface area contributed by atoms with Gasteiger partial charge < -0.3 is 5.32 Å². The van der Waals surface area contributed by atoms with E-state index in [1.807, 2.05) is 7.05 Å². The zero-order valence-corrected chi connectivity index (χ0v) is 13.4. The highest BCUT2D eigenvalue weighted by atomic mass is 19.1. The van der Waals surface area contributed by atoms with Gasteiger partial charge in [-0.1, -0.05) is 32.3 Å². The number of aryl methyl sites for hydroxylation is 1. The molecule has 0 amide bonds. The molecule has 3 atom stereocenters. The summed E-state index contributed by atoms with van der Waals surface area (Å²) in [5, 5.41) is 3.19. The number of benzene rings is 1. The molecule has 0 heterocycles. The number of hydrogen-bond acceptors (Lipinski definition) is 1. The van der Waals surface area contributed by atoms with Crippen molar-refractivity contribution < 1.29 is 8.78 Å². The van der Waals surface area contributed by atoms with E-state index in [4.69, 9.17) is 0 Å². The first kappa shape index (κ1) is 16.4. The highest BCUT2D eigenvalue weighted by Crippen LogP contribution is 2.43. The Balaban J connectivity index is 2.33. The molecule has 1 aromatic rings. The summed E-state index contributed by atoms with van der Waals surface area (Å²) in [6.45, 7) is 4.73. The predicted molar refractivity (Wildman–Crippen MR) is 83.5 cm³/mol. The largest absolute Gasteiger partial charge is 0.319 e. The molecule has 1 nitrogen and oxygen atoms in total. The van der Waals surface area contributed by atoms with E-state index in [2.05, 4.69) is 12.2 Å². The van der Waals surface area contributed by atoms with Crippen molar-refractivity contribution >= 4 is 0 Å². The second-order valence-corrected chi connectivity index (χ2v) is 6.48. The van der Waals surface area contributed by atoms with Gasteiger partial charge in [0, 0.05) is 5.56 Å². The van der Waals surface area contributed by atoms with Gasteiger partial charge in [-0.15, -0.1) is 0 Å². The van der Waals surface area contributed by atoms with Gasteiger partial charge in [-0.2, -0.15) is 0 Å². The van der Waals surface area contributed by atoms with Gasteiger partial charge in [0.25, 0.3) is 0 Å². The van der Waals surface area contributed by atoms with Crippen LogP contribution < -0.4 is 5.32 Å². The van der Waals surface area contributed by atoms with E-state index >= 15 is 0 Å². The third-order valence-electron chi connectivity index (χ3n) is 4.96. The summed E-state index contributed by atoms with van der Waals surface area (Å²) in [6.07, 6.45) is 5.47. The molecule has 1 N–H and O–H groups in total. The molecule has 1 aromatic carbocycles. The maximum atomic E-state index is 14.5. The molecule has 1 saturated carbocycles. The Morgan fingerprint density at radius 1 is 1.24 bits per heavy atom. The first-order chi connectivity index (χ1) is 10.1. The predicted octanol–water partition coefficient (Wildman–Crippen LogP) is 4.79. The molecule has 0 bridgehead atoms. The first-order valence-corrected chi connectivity index (χ1v) is 8.17. The van der Waals surface area contributed by atoms with Gasteiger partial charge in [0.15, 0.2) is 0 Å². The fraction of sp³-hybridized carbons (Fsp3) is 0.667. The Morgan fingerprint density at radius 2 is 2.00 bits per heavy atom. The summed E-state index contributed by atoms with van der Waals surface area (Å²) >= 11 is 0. The normalized spacial score (nSPS) is 26.0. The summed E-state index contributed by atoms with van der Waals surface area (Å²) in [4.78, 5) is 0.